The zero-order chi connectivity index (χ0) is 17.0. The van der Waals surface area contributed by atoms with Crippen molar-refractivity contribution in [2.45, 2.75) is 47.0 Å². The van der Waals surface area contributed by atoms with Crippen LogP contribution in [0.2, 0.25) is 0 Å². The van der Waals surface area contributed by atoms with E-state index in [9.17, 15) is 9.59 Å². The number of carbonyl (C=O) groups excluding carboxylic acids is 2. The van der Waals surface area contributed by atoms with Crippen LogP contribution in [0.3, 0.4) is 0 Å². The van der Waals surface area contributed by atoms with Crippen LogP contribution < -0.4 is 10.2 Å². The van der Waals surface area contributed by atoms with Crippen LogP contribution in [0.15, 0.2) is 23.3 Å². The summed E-state index contributed by atoms with van der Waals surface area (Å²) in [4.78, 5) is 23.5. The highest BCUT2D eigenvalue weighted by Crippen LogP contribution is 2.31. The molecule has 0 saturated heterocycles. The summed E-state index contributed by atoms with van der Waals surface area (Å²) in [5.74, 6) is 0.529. The van der Waals surface area contributed by atoms with Gasteiger partial charge in [-0.15, -0.1) is 0 Å². The van der Waals surface area contributed by atoms with Crippen molar-refractivity contribution >= 4 is 17.4 Å². The van der Waals surface area contributed by atoms with Crippen LogP contribution in [0.4, 0.5) is 0 Å². The molecule has 0 aromatic heterocycles. The highest BCUT2D eigenvalue weighted by molar-refractivity contribution is 6.05. The molecule has 0 aliphatic heterocycles. The minimum absolute atomic E-state index is 0.0889. The number of hydrazone groups is 1. The van der Waals surface area contributed by atoms with Crippen LogP contribution in [-0.4, -0.2) is 24.0 Å². The van der Waals surface area contributed by atoms with Gasteiger partial charge in [0.1, 0.15) is 11.5 Å². The first-order chi connectivity index (χ1) is 10.7. The molecular weight excluding hydrogens is 292 g/mol. The molecule has 1 saturated carbocycles. The lowest BCUT2D eigenvalue weighted by Crippen LogP contribution is -2.32. The number of benzene rings is 1. The van der Waals surface area contributed by atoms with Gasteiger partial charge in [-0.25, -0.2) is 5.43 Å². The van der Waals surface area contributed by atoms with Gasteiger partial charge in [-0.2, -0.15) is 5.10 Å². The fourth-order valence-electron chi connectivity index (χ4n) is 2.86. The maximum atomic E-state index is 11.9. The van der Waals surface area contributed by atoms with Gasteiger partial charge < -0.3 is 4.74 Å². The van der Waals surface area contributed by atoms with Crippen molar-refractivity contribution < 1.29 is 14.3 Å². The third kappa shape index (κ3) is 5.20. The highest BCUT2D eigenvalue weighted by atomic mass is 16.5. The summed E-state index contributed by atoms with van der Waals surface area (Å²) in [7, 11) is 0. The summed E-state index contributed by atoms with van der Waals surface area (Å²) in [5, 5.41) is 4.09. The lowest BCUT2D eigenvalue weighted by Gasteiger charge is -2.28. The van der Waals surface area contributed by atoms with Crippen molar-refractivity contribution in [3.63, 3.8) is 0 Å². The van der Waals surface area contributed by atoms with Gasteiger partial charge in [0.05, 0.1) is 0 Å². The molecule has 0 bridgehead atoms. The van der Waals surface area contributed by atoms with E-state index in [1.165, 1.54) is 0 Å². The number of carbonyl (C=O) groups is 2. The number of nitrogens with one attached hydrogen (secondary N) is 1. The number of amides is 1. The normalized spacial score (nSPS) is 18.8. The Morgan fingerprint density at radius 3 is 2.70 bits per heavy atom. The second-order valence-corrected chi connectivity index (χ2v) is 7.00. The molecule has 0 atom stereocenters. The van der Waals surface area contributed by atoms with Crippen molar-refractivity contribution in [3.05, 3.63) is 29.3 Å². The van der Waals surface area contributed by atoms with Crippen molar-refractivity contribution in [3.8, 4) is 5.75 Å². The molecule has 1 fully saturated rings. The molecule has 5 nitrogen and oxygen atoms in total. The Labute approximate surface area is 137 Å². The fraction of sp³-hybridized carbons (Fsp3) is 0.500. The topological polar surface area (TPSA) is 67.8 Å². The molecule has 0 heterocycles. The molecule has 124 valence electrons. The third-order valence-electron chi connectivity index (χ3n) is 3.79. The number of hydrogen-bond acceptors (Lipinski definition) is 4. The van der Waals surface area contributed by atoms with Crippen LogP contribution in [0, 0.1) is 19.3 Å². The molecule has 1 aromatic carbocycles. The Bertz CT molecular complexity index is 648. The molecule has 1 aliphatic rings. The summed E-state index contributed by atoms with van der Waals surface area (Å²) in [6.07, 6.45) is 1.61. The first kappa shape index (κ1) is 17.2. The molecule has 0 spiro atoms. The lowest BCUT2D eigenvalue weighted by atomic mass is 9.76. The van der Waals surface area contributed by atoms with E-state index in [-0.39, 0.29) is 23.7 Å². The van der Waals surface area contributed by atoms with Gasteiger partial charge in [-0.3, -0.25) is 9.59 Å². The molecule has 1 amide bonds. The van der Waals surface area contributed by atoms with Crippen LogP contribution in [0.25, 0.3) is 0 Å². The van der Waals surface area contributed by atoms with Crippen molar-refractivity contribution in [2.75, 3.05) is 6.61 Å². The van der Waals surface area contributed by atoms with E-state index in [1.807, 2.05) is 45.9 Å². The van der Waals surface area contributed by atoms with Crippen LogP contribution in [0.1, 0.15) is 44.2 Å². The second kappa shape index (κ2) is 6.94. The average molecular weight is 316 g/mol. The van der Waals surface area contributed by atoms with Crippen molar-refractivity contribution in [2.24, 2.45) is 10.5 Å². The van der Waals surface area contributed by atoms with Gasteiger partial charge in [0.2, 0.25) is 0 Å². The monoisotopic (exact) mass is 316 g/mol. The zero-order valence-electron chi connectivity index (χ0n) is 14.2. The zero-order valence-corrected chi connectivity index (χ0v) is 14.2. The second-order valence-electron chi connectivity index (χ2n) is 7.00. The maximum absolute atomic E-state index is 11.9. The lowest BCUT2D eigenvalue weighted by molar-refractivity contribution is -0.123. The maximum Gasteiger partial charge on any atom is 0.277 e. The van der Waals surface area contributed by atoms with E-state index < -0.39 is 0 Å². The summed E-state index contributed by atoms with van der Waals surface area (Å²) in [6.45, 7) is 7.91. The number of rotatable bonds is 4. The van der Waals surface area contributed by atoms with Gasteiger partial charge >= 0.3 is 0 Å². The Hall–Kier alpha value is -2.17. The Kier molecular flexibility index (Phi) is 5.19. The SMILES string of the molecule is Cc1ccc(OCC(=O)NN=C2CC(=O)CC(C)(C)C2)c(C)c1. The Morgan fingerprint density at radius 1 is 1.30 bits per heavy atom. The predicted octanol–water partition coefficient (Wildman–Crippen LogP) is 2.93. The first-order valence-electron chi connectivity index (χ1n) is 7.81. The van der Waals surface area contributed by atoms with Gasteiger partial charge in [0.25, 0.3) is 5.91 Å². The minimum Gasteiger partial charge on any atom is -0.483 e. The van der Waals surface area contributed by atoms with Gasteiger partial charge in [0.15, 0.2) is 6.61 Å². The molecule has 2 rings (SSSR count). The minimum atomic E-state index is -0.326. The van der Waals surface area contributed by atoms with E-state index in [4.69, 9.17) is 4.74 Å². The smallest absolute Gasteiger partial charge is 0.277 e. The fourth-order valence-corrected chi connectivity index (χ4v) is 2.86. The largest absolute Gasteiger partial charge is 0.483 e. The van der Waals surface area contributed by atoms with Gasteiger partial charge in [-0.1, -0.05) is 31.5 Å². The molecule has 1 N–H and O–H groups in total. The quantitative estimate of drug-likeness (QED) is 0.868. The Balaban J connectivity index is 1.87. The number of ether oxygens (including phenoxy) is 1. The van der Waals surface area contributed by atoms with E-state index in [0.717, 1.165) is 23.3 Å². The number of Topliss-reactive ketones (excluding diaryl/α,β-unsaturated/α-hetero) is 1. The van der Waals surface area contributed by atoms with E-state index in [1.54, 1.807) is 0 Å². The van der Waals surface area contributed by atoms with Crippen molar-refractivity contribution in [1.82, 2.24) is 5.43 Å². The summed E-state index contributed by atoms with van der Waals surface area (Å²) in [5.41, 5.74) is 5.26. The number of ketones is 1. The van der Waals surface area contributed by atoms with Crippen LogP contribution in [0.5, 0.6) is 5.75 Å². The highest BCUT2D eigenvalue weighted by Gasteiger charge is 2.30. The molecule has 0 radical (unpaired) electrons. The number of aryl methyl sites for hydroxylation is 2. The molecule has 23 heavy (non-hydrogen) atoms. The molecule has 1 aliphatic carbocycles. The average Bonchev–Trinajstić information content (AvgIpc) is 2.42. The molecular formula is C18H24N2O3. The molecule has 0 unspecified atom stereocenters. The predicted molar refractivity (Wildman–Crippen MR) is 89.6 cm³/mol. The van der Waals surface area contributed by atoms with Crippen LogP contribution >= 0.6 is 0 Å². The van der Waals surface area contributed by atoms with Crippen molar-refractivity contribution in [1.29, 1.82) is 0 Å². The first-order valence-corrected chi connectivity index (χ1v) is 7.81. The molecule has 5 heteroatoms. The number of hydrogen-bond donors (Lipinski definition) is 1. The van der Waals surface area contributed by atoms with Gasteiger partial charge in [-0.05, 0) is 37.3 Å². The summed E-state index contributed by atoms with van der Waals surface area (Å²) >= 11 is 0. The molecule has 1 aromatic rings. The van der Waals surface area contributed by atoms with E-state index in [2.05, 4.69) is 10.5 Å². The van der Waals surface area contributed by atoms with E-state index >= 15 is 0 Å². The Morgan fingerprint density at radius 2 is 2.04 bits per heavy atom. The standard InChI is InChI=1S/C18H24N2O3/c1-12-5-6-16(13(2)7-12)23-11-17(22)20-19-14-8-15(21)10-18(3,4)9-14/h5-7H,8-11H2,1-4H3,(H,20,22). The van der Waals surface area contributed by atoms with Gasteiger partial charge in [0, 0.05) is 18.6 Å². The van der Waals surface area contributed by atoms with E-state index in [0.29, 0.717) is 18.6 Å². The summed E-state index contributed by atoms with van der Waals surface area (Å²) in [6, 6.07) is 5.80. The third-order valence-corrected chi connectivity index (χ3v) is 3.79. The summed E-state index contributed by atoms with van der Waals surface area (Å²) < 4.78 is 5.51. The number of nitrogens with zero attached hydrogens (tertiary/aromatic N) is 1. The van der Waals surface area contributed by atoms with Crippen LogP contribution in [-0.2, 0) is 9.59 Å².